The number of likely N-dealkylation sites (N-methyl/N-ethyl adjacent to an activating group) is 1. The summed E-state index contributed by atoms with van der Waals surface area (Å²) in [7, 11) is 1.54. The third kappa shape index (κ3) is 1.77. The largest absolute Gasteiger partial charge is 0.358 e. The molecule has 5 nitrogen and oxygen atoms in total. The average molecular weight is 219 g/mol. The highest BCUT2D eigenvalue weighted by Gasteiger charge is 2.20. The number of anilines is 1. The summed E-state index contributed by atoms with van der Waals surface area (Å²) >= 11 is 0. The lowest BCUT2D eigenvalue weighted by Crippen LogP contribution is -2.31. The van der Waals surface area contributed by atoms with Crippen LogP contribution in [0.2, 0.25) is 0 Å². The minimum atomic E-state index is -0.689. The van der Waals surface area contributed by atoms with Crippen LogP contribution in [0.3, 0.4) is 0 Å². The Balaban J connectivity index is 2.29. The molecule has 0 aromatic heterocycles. The van der Waals surface area contributed by atoms with Gasteiger partial charge in [0, 0.05) is 12.7 Å². The van der Waals surface area contributed by atoms with Gasteiger partial charge in [-0.1, -0.05) is 12.1 Å². The molecular formula is C11H13N3O2. The number of nitrogens with one attached hydrogen (secondary N) is 2. The monoisotopic (exact) mass is 219 g/mol. The average Bonchev–Trinajstić information content (AvgIpc) is 2.65. The van der Waals surface area contributed by atoms with E-state index in [0.29, 0.717) is 6.42 Å². The number of carbonyl (C=O) groups excluding carboxylic acids is 2. The fourth-order valence-electron chi connectivity index (χ4n) is 1.75. The van der Waals surface area contributed by atoms with Gasteiger partial charge in [-0.25, -0.2) is 0 Å². The van der Waals surface area contributed by atoms with E-state index in [9.17, 15) is 9.59 Å². The number of carbonyl (C=O) groups is 2. The van der Waals surface area contributed by atoms with Crippen molar-refractivity contribution in [1.29, 1.82) is 0 Å². The number of hydrogen-bond donors (Lipinski definition) is 3. The van der Waals surface area contributed by atoms with Crippen molar-refractivity contribution in [3.63, 3.8) is 0 Å². The fraction of sp³-hybridized carbons (Fsp3) is 0.273. The van der Waals surface area contributed by atoms with Crippen LogP contribution in [0.25, 0.3) is 0 Å². The summed E-state index contributed by atoms with van der Waals surface area (Å²) in [5.74, 6) is -0.266. The molecule has 84 valence electrons. The minimum Gasteiger partial charge on any atom is -0.358 e. The highest BCUT2D eigenvalue weighted by atomic mass is 16.2. The van der Waals surface area contributed by atoms with Gasteiger partial charge in [0.25, 0.3) is 0 Å². The van der Waals surface area contributed by atoms with E-state index in [0.717, 1.165) is 16.8 Å². The molecule has 0 fully saturated rings. The standard InChI is InChI=1S/C11H13N3O2/c1-13-11(16)10(12)6-2-3-8-7(4-6)5-9(15)14-8/h2-4,10H,5,12H2,1H3,(H,13,16)(H,14,15). The molecule has 16 heavy (non-hydrogen) atoms. The zero-order valence-electron chi connectivity index (χ0n) is 8.91. The predicted molar refractivity (Wildman–Crippen MR) is 59.8 cm³/mol. The fourth-order valence-corrected chi connectivity index (χ4v) is 1.75. The first-order chi connectivity index (χ1) is 7.61. The van der Waals surface area contributed by atoms with Crippen LogP contribution in [0.1, 0.15) is 17.2 Å². The summed E-state index contributed by atoms with van der Waals surface area (Å²) < 4.78 is 0. The Kier molecular flexibility index (Phi) is 2.62. The van der Waals surface area contributed by atoms with Crippen LogP contribution in [-0.2, 0) is 16.0 Å². The van der Waals surface area contributed by atoms with Crippen LogP contribution < -0.4 is 16.4 Å². The summed E-state index contributed by atoms with van der Waals surface area (Å²) in [6, 6.07) is 4.64. The van der Waals surface area contributed by atoms with Gasteiger partial charge in [-0.3, -0.25) is 9.59 Å². The van der Waals surface area contributed by atoms with Crippen LogP contribution in [0, 0.1) is 0 Å². The van der Waals surface area contributed by atoms with Gasteiger partial charge in [0.15, 0.2) is 0 Å². The van der Waals surface area contributed by atoms with Crippen LogP contribution in [0.5, 0.6) is 0 Å². The zero-order chi connectivity index (χ0) is 11.7. The number of rotatable bonds is 2. The third-order valence-electron chi connectivity index (χ3n) is 2.64. The van der Waals surface area contributed by atoms with Gasteiger partial charge < -0.3 is 16.4 Å². The van der Waals surface area contributed by atoms with Crippen molar-refractivity contribution in [1.82, 2.24) is 5.32 Å². The Hall–Kier alpha value is -1.88. The minimum absolute atomic E-state index is 0.0272. The second-order valence-electron chi connectivity index (χ2n) is 3.73. The van der Waals surface area contributed by atoms with Gasteiger partial charge in [-0.2, -0.15) is 0 Å². The van der Waals surface area contributed by atoms with Crippen molar-refractivity contribution in [2.24, 2.45) is 5.73 Å². The van der Waals surface area contributed by atoms with Crippen LogP contribution in [-0.4, -0.2) is 18.9 Å². The molecule has 0 radical (unpaired) electrons. The van der Waals surface area contributed by atoms with Crippen LogP contribution in [0.15, 0.2) is 18.2 Å². The quantitative estimate of drug-likeness (QED) is 0.650. The Morgan fingerprint density at radius 1 is 1.56 bits per heavy atom. The molecule has 4 N–H and O–H groups in total. The Labute approximate surface area is 93.0 Å². The molecule has 0 saturated heterocycles. The molecule has 1 unspecified atom stereocenters. The normalized spacial score (nSPS) is 15.2. The van der Waals surface area contributed by atoms with Crippen molar-refractivity contribution in [2.45, 2.75) is 12.5 Å². The number of fused-ring (bicyclic) bond motifs is 1. The van der Waals surface area contributed by atoms with Gasteiger partial charge in [0.1, 0.15) is 6.04 Å². The summed E-state index contributed by atoms with van der Waals surface area (Å²) in [5.41, 5.74) is 8.17. The summed E-state index contributed by atoms with van der Waals surface area (Å²) in [6.07, 6.45) is 0.351. The first-order valence-corrected chi connectivity index (χ1v) is 5.01. The summed E-state index contributed by atoms with van der Waals surface area (Å²) in [5, 5.41) is 5.22. The van der Waals surface area contributed by atoms with Crippen molar-refractivity contribution < 1.29 is 9.59 Å². The number of benzene rings is 1. The van der Waals surface area contributed by atoms with E-state index in [1.165, 1.54) is 0 Å². The van der Waals surface area contributed by atoms with E-state index in [-0.39, 0.29) is 11.8 Å². The number of amides is 2. The maximum atomic E-state index is 11.4. The van der Waals surface area contributed by atoms with E-state index in [2.05, 4.69) is 10.6 Å². The molecule has 5 heteroatoms. The molecule has 1 heterocycles. The van der Waals surface area contributed by atoms with Crippen molar-refractivity contribution in [3.05, 3.63) is 29.3 Å². The van der Waals surface area contributed by atoms with E-state index >= 15 is 0 Å². The molecule has 1 aliphatic heterocycles. The molecule has 0 spiro atoms. The topological polar surface area (TPSA) is 84.2 Å². The third-order valence-corrected chi connectivity index (χ3v) is 2.64. The smallest absolute Gasteiger partial charge is 0.241 e. The van der Waals surface area contributed by atoms with Gasteiger partial charge in [-0.05, 0) is 17.2 Å². The Morgan fingerprint density at radius 3 is 3.00 bits per heavy atom. The zero-order valence-corrected chi connectivity index (χ0v) is 8.91. The molecule has 1 atom stereocenters. The van der Waals surface area contributed by atoms with Gasteiger partial charge >= 0.3 is 0 Å². The molecule has 0 bridgehead atoms. The van der Waals surface area contributed by atoms with Crippen LogP contribution in [0.4, 0.5) is 5.69 Å². The lowest BCUT2D eigenvalue weighted by Gasteiger charge is -2.11. The molecule has 1 aliphatic rings. The second-order valence-corrected chi connectivity index (χ2v) is 3.73. The van der Waals surface area contributed by atoms with Crippen molar-refractivity contribution >= 4 is 17.5 Å². The lowest BCUT2D eigenvalue weighted by molar-refractivity contribution is -0.122. The molecule has 1 aromatic carbocycles. The SMILES string of the molecule is CNC(=O)C(N)c1ccc2c(c1)CC(=O)N2. The highest BCUT2D eigenvalue weighted by Crippen LogP contribution is 2.25. The first kappa shape index (κ1) is 10.6. The maximum absolute atomic E-state index is 11.4. The number of hydrogen-bond acceptors (Lipinski definition) is 3. The predicted octanol–water partition coefficient (Wildman–Crippen LogP) is -0.0730. The maximum Gasteiger partial charge on any atom is 0.241 e. The van der Waals surface area contributed by atoms with E-state index in [1.54, 1.807) is 25.2 Å². The van der Waals surface area contributed by atoms with Gasteiger partial charge in [0.2, 0.25) is 11.8 Å². The second kappa shape index (κ2) is 3.94. The van der Waals surface area contributed by atoms with E-state index < -0.39 is 6.04 Å². The Morgan fingerprint density at radius 2 is 2.31 bits per heavy atom. The molecule has 0 saturated carbocycles. The molecule has 0 aliphatic carbocycles. The molecule has 2 rings (SSSR count). The summed E-state index contributed by atoms with van der Waals surface area (Å²) in [4.78, 5) is 22.5. The van der Waals surface area contributed by atoms with E-state index in [4.69, 9.17) is 5.73 Å². The molecular weight excluding hydrogens is 206 g/mol. The van der Waals surface area contributed by atoms with Crippen LogP contribution >= 0.6 is 0 Å². The van der Waals surface area contributed by atoms with Gasteiger partial charge in [0.05, 0.1) is 6.42 Å². The highest BCUT2D eigenvalue weighted by molar-refractivity contribution is 5.99. The van der Waals surface area contributed by atoms with Crippen molar-refractivity contribution in [3.8, 4) is 0 Å². The number of nitrogens with two attached hydrogens (primary N) is 1. The lowest BCUT2D eigenvalue weighted by atomic mass is 10.0. The molecule has 1 aromatic rings. The van der Waals surface area contributed by atoms with E-state index in [1.807, 2.05) is 0 Å². The molecule has 2 amide bonds. The first-order valence-electron chi connectivity index (χ1n) is 5.01. The van der Waals surface area contributed by atoms with Crippen molar-refractivity contribution in [2.75, 3.05) is 12.4 Å². The van der Waals surface area contributed by atoms with Gasteiger partial charge in [-0.15, -0.1) is 0 Å². The Bertz CT molecular complexity index is 457. The summed E-state index contributed by atoms with van der Waals surface area (Å²) in [6.45, 7) is 0.